The van der Waals surface area contributed by atoms with Crippen molar-refractivity contribution < 1.29 is 18.1 Å². The van der Waals surface area contributed by atoms with Crippen LogP contribution in [0.15, 0.2) is 365 Å². The van der Waals surface area contributed by atoms with E-state index in [4.69, 9.17) is 43.1 Å². The molecule has 1 saturated heterocycles. The molecule has 4 aromatic heterocycles. The Hall–Kier alpha value is -12.8. The molecule has 1 fully saturated rings. The van der Waals surface area contributed by atoms with Gasteiger partial charge in [0.2, 0.25) is 0 Å². The van der Waals surface area contributed by atoms with E-state index >= 15 is 0 Å². The number of hydrogen-bond donors (Lipinski definition) is 0. The molecule has 0 bridgehead atoms. The van der Waals surface area contributed by atoms with E-state index in [0.717, 1.165) is 126 Å². The van der Waals surface area contributed by atoms with Crippen molar-refractivity contribution >= 4 is 72.4 Å². The molecule has 0 atom stereocenters. The summed E-state index contributed by atoms with van der Waals surface area (Å²) in [6, 6.07) is 120. The Labute approximate surface area is 635 Å². The minimum Gasteiger partial charge on any atom is -0.455 e. The molecule has 10 nitrogen and oxygen atoms in total. The Morgan fingerprint density at radius 3 is 0.935 bits per heavy atom. The van der Waals surface area contributed by atoms with Crippen LogP contribution in [0.25, 0.3) is 168 Å². The number of hydrogen-bond acceptors (Lipinski definition) is 10. The van der Waals surface area contributed by atoms with Gasteiger partial charge in [-0.25, -0.2) is 29.9 Å². The van der Waals surface area contributed by atoms with Gasteiger partial charge in [0.05, 0.1) is 11.2 Å². The summed E-state index contributed by atoms with van der Waals surface area (Å²) in [6.07, 6.45) is 0. The van der Waals surface area contributed by atoms with Gasteiger partial charge in [-0.05, 0) is 138 Å². The highest BCUT2D eigenvalue weighted by molar-refractivity contribution is 9.10. The predicted octanol–water partition coefficient (Wildman–Crippen LogP) is 24.6. The number of benzene rings is 14. The molecule has 108 heavy (non-hydrogen) atoms. The summed E-state index contributed by atoms with van der Waals surface area (Å²) in [5.74, 6) is 3.91. The Kier molecular flexibility index (Phi) is 18.7. The van der Waals surface area contributed by atoms with E-state index in [9.17, 15) is 0 Å². The zero-order valence-corrected chi connectivity index (χ0v) is 61.3. The first-order chi connectivity index (χ1) is 52.9. The molecule has 0 amide bonds. The second kappa shape index (κ2) is 29.6. The molecule has 0 radical (unpaired) electrons. The van der Waals surface area contributed by atoms with Crippen LogP contribution in [0.3, 0.4) is 0 Å². The number of halogens is 1. The molecule has 14 aromatic carbocycles. The minimum absolute atomic E-state index is 0.383. The van der Waals surface area contributed by atoms with Gasteiger partial charge in [0.1, 0.15) is 22.3 Å². The average molecular weight is 1460 g/mol. The van der Waals surface area contributed by atoms with E-state index < -0.39 is 7.12 Å². The third-order valence-electron chi connectivity index (χ3n) is 20.0. The van der Waals surface area contributed by atoms with E-state index in [1.807, 2.05) is 164 Å². The zero-order chi connectivity index (χ0) is 73.1. The third kappa shape index (κ3) is 14.2. The van der Waals surface area contributed by atoms with E-state index in [1.165, 1.54) is 16.7 Å². The smallest absolute Gasteiger partial charge is 0.455 e. The molecule has 0 saturated carbocycles. The van der Waals surface area contributed by atoms with Crippen molar-refractivity contribution in [1.82, 2.24) is 29.9 Å². The first-order valence-corrected chi connectivity index (χ1v) is 36.9. The van der Waals surface area contributed by atoms with Gasteiger partial charge in [-0.3, -0.25) is 0 Å². The molecule has 1 aliphatic rings. The van der Waals surface area contributed by atoms with Gasteiger partial charge >= 0.3 is 7.12 Å². The van der Waals surface area contributed by atoms with E-state index in [0.29, 0.717) is 34.9 Å². The molecule has 18 aromatic rings. The lowest BCUT2D eigenvalue weighted by Crippen LogP contribution is -2.41. The van der Waals surface area contributed by atoms with Crippen molar-refractivity contribution in [2.24, 2.45) is 0 Å². The van der Waals surface area contributed by atoms with Crippen LogP contribution in [0.5, 0.6) is 0 Å². The van der Waals surface area contributed by atoms with Crippen molar-refractivity contribution in [2.45, 2.75) is 38.9 Å². The van der Waals surface area contributed by atoms with Gasteiger partial charge in [0.25, 0.3) is 0 Å². The molecule has 19 rings (SSSR count). The topological polar surface area (TPSA) is 122 Å². The Bertz CT molecular complexity index is 6120. The van der Waals surface area contributed by atoms with Crippen LogP contribution in [-0.4, -0.2) is 48.2 Å². The number of rotatable bonds is 12. The van der Waals surface area contributed by atoms with Crippen LogP contribution < -0.4 is 5.46 Å². The fraction of sp³-hybridized carbons (Fsp3) is 0.0625. The van der Waals surface area contributed by atoms with Gasteiger partial charge < -0.3 is 18.1 Å². The molecule has 12 heteroatoms. The Morgan fingerprint density at radius 1 is 0.241 bits per heavy atom. The summed E-state index contributed by atoms with van der Waals surface area (Å²) in [6.45, 7) is 8.29. The second-order valence-corrected chi connectivity index (χ2v) is 28.6. The number of nitrogens with zero attached hydrogens (tertiary/aromatic N) is 6. The summed E-state index contributed by atoms with van der Waals surface area (Å²) in [4.78, 5) is 28.8. The molecule has 1 aliphatic heterocycles. The number of aromatic nitrogens is 6. The maximum absolute atomic E-state index is 6.70. The normalized spacial score (nSPS) is 12.9. The largest absolute Gasteiger partial charge is 0.494 e. The van der Waals surface area contributed by atoms with Crippen molar-refractivity contribution in [1.29, 1.82) is 0 Å². The van der Waals surface area contributed by atoms with Crippen molar-refractivity contribution in [3.8, 4) is 124 Å². The maximum atomic E-state index is 6.70. The van der Waals surface area contributed by atoms with Crippen molar-refractivity contribution in [2.75, 3.05) is 0 Å². The summed E-state index contributed by atoms with van der Waals surface area (Å²) in [7, 11) is -0.420. The van der Waals surface area contributed by atoms with Crippen LogP contribution >= 0.6 is 15.9 Å². The lowest BCUT2D eigenvalue weighted by atomic mass is 9.79. The highest BCUT2D eigenvalue weighted by atomic mass is 79.9. The summed E-state index contributed by atoms with van der Waals surface area (Å²) in [5, 5.41) is 4.38. The van der Waals surface area contributed by atoms with E-state index in [-0.39, 0.29) is 11.2 Å². The van der Waals surface area contributed by atoms with E-state index in [1.54, 1.807) is 0 Å². The molecular formula is C96H70BBrN6O4. The third-order valence-corrected chi connectivity index (χ3v) is 20.5. The SMILES string of the molecule is Brc1cccc(-c2nc(-c3ccccc3)nc(-c3ccccc3)n2)c1.CC1(C)OB(c2ccc3c(c2)oc2c(-c4ccccc4)cc(-c4ccccc4)cc23)OC1(C)C.c1ccc(-c2cc(-c3ccccc3)c3oc4cc(-c5cccc(-c6nc(-c7ccccc7)nc(-c7ccccc7)n6)c5)ccc4c3c2)cc1. The molecular weight excluding hydrogens is 1390 g/mol. The number of fused-ring (bicyclic) bond motifs is 6. The summed E-state index contributed by atoms with van der Waals surface area (Å²) in [5.41, 5.74) is 20.6. The van der Waals surface area contributed by atoms with Crippen molar-refractivity contribution in [3.05, 3.63) is 356 Å². The van der Waals surface area contributed by atoms with Crippen molar-refractivity contribution in [3.63, 3.8) is 0 Å². The fourth-order valence-corrected chi connectivity index (χ4v) is 14.1. The van der Waals surface area contributed by atoms with Crippen LogP contribution in [0, 0.1) is 0 Å². The maximum Gasteiger partial charge on any atom is 0.494 e. The summed E-state index contributed by atoms with van der Waals surface area (Å²) >= 11 is 3.52. The molecule has 0 aliphatic carbocycles. The summed E-state index contributed by atoms with van der Waals surface area (Å²) < 4.78 is 26.8. The number of furan rings is 2. The van der Waals surface area contributed by atoms with Crippen LogP contribution in [-0.2, 0) is 9.31 Å². The Balaban J connectivity index is 0.000000126. The van der Waals surface area contributed by atoms with Crippen LogP contribution in [0.2, 0.25) is 0 Å². The molecule has 518 valence electrons. The van der Waals surface area contributed by atoms with Crippen LogP contribution in [0.4, 0.5) is 0 Å². The fourth-order valence-electron chi connectivity index (χ4n) is 13.7. The van der Waals surface area contributed by atoms with Gasteiger partial charge in [-0.2, -0.15) is 0 Å². The monoisotopic (exact) mass is 1460 g/mol. The van der Waals surface area contributed by atoms with E-state index in [2.05, 4.69) is 237 Å². The standard InChI is InChI=1S/C45H29N3O.C30H27BO3.C21H14BrN3/c1-5-14-30(15-6-1)37-27-39(31-16-7-2-8-17-31)42-40(28-37)38-25-24-35(29-41(38)49-42)34-22-13-23-36(26-34)45-47-43(32-18-9-3-10-19-32)46-44(48-45)33-20-11-4-12-21-33;1-29(2)30(3,4)34-31(33-29)23-15-16-24-26-18-22(20-11-7-5-8-12-20)17-25(21-13-9-6-10-14-21)28(26)32-27(24)19-23;22-18-13-7-12-17(14-18)21-24-19(15-8-3-1-4-9-15)23-20(25-21)16-10-5-2-6-11-16/h1-29H;5-19H,1-4H3;1-14H. The molecule has 5 heterocycles. The molecule has 0 spiro atoms. The average Bonchev–Trinajstić information content (AvgIpc) is 1.59. The first-order valence-electron chi connectivity index (χ1n) is 36.1. The highest BCUT2D eigenvalue weighted by Gasteiger charge is 2.52. The minimum atomic E-state index is -0.420. The first kappa shape index (κ1) is 68.3. The van der Waals surface area contributed by atoms with Gasteiger partial charge in [0.15, 0.2) is 34.9 Å². The molecule has 0 unspecified atom stereocenters. The lowest BCUT2D eigenvalue weighted by Gasteiger charge is -2.32. The lowest BCUT2D eigenvalue weighted by molar-refractivity contribution is 0.00578. The second-order valence-electron chi connectivity index (χ2n) is 27.7. The zero-order valence-electron chi connectivity index (χ0n) is 59.8. The van der Waals surface area contributed by atoms with Gasteiger partial charge in [0, 0.05) is 70.5 Å². The Morgan fingerprint density at radius 2 is 0.546 bits per heavy atom. The quantitative estimate of drug-likeness (QED) is 0.109. The highest BCUT2D eigenvalue weighted by Crippen LogP contribution is 2.44. The van der Waals surface area contributed by atoms with Gasteiger partial charge in [-0.1, -0.05) is 307 Å². The predicted molar refractivity (Wildman–Crippen MR) is 444 cm³/mol. The van der Waals surface area contributed by atoms with Crippen LogP contribution in [0.1, 0.15) is 27.7 Å². The van der Waals surface area contributed by atoms with Gasteiger partial charge in [-0.15, -0.1) is 0 Å². The molecule has 0 N–H and O–H groups in total.